The summed E-state index contributed by atoms with van der Waals surface area (Å²) in [5, 5.41) is 3.38. The summed E-state index contributed by atoms with van der Waals surface area (Å²) in [4.78, 5) is 13.9. The maximum absolute atomic E-state index is 12.2. The molecule has 7 heteroatoms. The number of carbonyl (C=O) groups is 1. The van der Waals surface area contributed by atoms with E-state index < -0.39 is 10.0 Å². The SMILES string of the molecule is CC(=O)N1CC[C@H]2CC[C@@H](CNCc3ccccc31)N2S(C)(=O)=O. The van der Waals surface area contributed by atoms with Crippen LogP contribution in [0.15, 0.2) is 24.3 Å². The Morgan fingerprint density at radius 2 is 1.88 bits per heavy atom. The molecular weight excluding hydrogens is 326 g/mol. The van der Waals surface area contributed by atoms with Gasteiger partial charge in [0.2, 0.25) is 15.9 Å². The molecule has 132 valence electrons. The van der Waals surface area contributed by atoms with Crippen molar-refractivity contribution in [2.75, 3.05) is 24.2 Å². The number of para-hydroxylation sites is 1. The number of hydrogen-bond acceptors (Lipinski definition) is 4. The number of nitrogens with one attached hydrogen (secondary N) is 1. The number of hydrogen-bond donors (Lipinski definition) is 1. The highest BCUT2D eigenvalue weighted by Crippen LogP contribution is 2.31. The molecule has 0 unspecified atom stereocenters. The Bertz CT molecular complexity index is 720. The third-order valence-corrected chi connectivity index (χ3v) is 6.34. The zero-order valence-electron chi connectivity index (χ0n) is 14.2. The van der Waals surface area contributed by atoms with Crippen molar-refractivity contribution in [2.45, 2.75) is 44.8 Å². The highest BCUT2D eigenvalue weighted by molar-refractivity contribution is 7.88. The van der Waals surface area contributed by atoms with Gasteiger partial charge in [-0.15, -0.1) is 0 Å². The first-order chi connectivity index (χ1) is 11.4. The number of sulfonamides is 1. The van der Waals surface area contributed by atoms with E-state index in [1.165, 1.54) is 6.26 Å². The quantitative estimate of drug-likeness (QED) is 0.829. The van der Waals surface area contributed by atoms with Crippen molar-refractivity contribution in [2.24, 2.45) is 0 Å². The van der Waals surface area contributed by atoms with Gasteiger partial charge in [0.05, 0.1) is 6.26 Å². The monoisotopic (exact) mass is 351 g/mol. The van der Waals surface area contributed by atoms with Crippen molar-refractivity contribution < 1.29 is 13.2 Å². The van der Waals surface area contributed by atoms with Crippen LogP contribution in [0, 0.1) is 0 Å². The second-order valence-corrected chi connectivity index (χ2v) is 8.58. The molecule has 2 aliphatic heterocycles. The highest BCUT2D eigenvalue weighted by Gasteiger charge is 2.39. The smallest absolute Gasteiger partial charge is 0.223 e. The summed E-state index contributed by atoms with van der Waals surface area (Å²) in [5.41, 5.74) is 1.98. The normalized spacial score (nSPS) is 25.8. The fourth-order valence-electron chi connectivity index (χ4n) is 3.97. The summed E-state index contributed by atoms with van der Waals surface area (Å²) in [6.45, 7) is 3.36. The zero-order chi connectivity index (χ0) is 17.3. The van der Waals surface area contributed by atoms with Crippen LogP contribution in [0.3, 0.4) is 0 Å². The van der Waals surface area contributed by atoms with Crippen molar-refractivity contribution in [1.82, 2.24) is 9.62 Å². The molecule has 3 rings (SSSR count). The molecule has 1 amide bonds. The minimum Gasteiger partial charge on any atom is -0.312 e. The first-order valence-corrected chi connectivity index (χ1v) is 10.3. The second kappa shape index (κ2) is 6.82. The van der Waals surface area contributed by atoms with Gasteiger partial charge in [-0.2, -0.15) is 4.31 Å². The molecule has 0 aliphatic carbocycles. The van der Waals surface area contributed by atoms with Gasteiger partial charge in [-0.05, 0) is 30.9 Å². The van der Waals surface area contributed by atoms with Gasteiger partial charge >= 0.3 is 0 Å². The van der Waals surface area contributed by atoms with E-state index in [1.807, 2.05) is 24.3 Å². The molecule has 0 radical (unpaired) electrons. The first kappa shape index (κ1) is 17.4. The van der Waals surface area contributed by atoms with E-state index in [9.17, 15) is 13.2 Å². The predicted molar refractivity (Wildman–Crippen MR) is 94.3 cm³/mol. The van der Waals surface area contributed by atoms with Crippen LogP contribution in [0.5, 0.6) is 0 Å². The van der Waals surface area contributed by atoms with Crippen LogP contribution >= 0.6 is 0 Å². The second-order valence-electron chi connectivity index (χ2n) is 6.70. The molecule has 2 heterocycles. The average Bonchev–Trinajstić information content (AvgIpc) is 2.89. The Kier molecular flexibility index (Phi) is 4.94. The van der Waals surface area contributed by atoms with Crippen LogP contribution in [0.4, 0.5) is 5.69 Å². The maximum Gasteiger partial charge on any atom is 0.223 e. The van der Waals surface area contributed by atoms with E-state index in [0.717, 1.165) is 24.1 Å². The zero-order valence-corrected chi connectivity index (χ0v) is 15.1. The highest BCUT2D eigenvalue weighted by atomic mass is 32.2. The third-order valence-electron chi connectivity index (χ3n) is 4.98. The van der Waals surface area contributed by atoms with E-state index in [1.54, 1.807) is 16.1 Å². The molecular formula is C17H25N3O3S. The van der Waals surface area contributed by atoms with E-state index in [2.05, 4.69) is 5.32 Å². The van der Waals surface area contributed by atoms with Crippen molar-refractivity contribution >= 4 is 21.6 Å². The third kappa shape index (κ3) is 3.48. The Labute approximate surface area is 143 Å². The molecule has 1 saturated heterocycles. The summed E-state index contributed by atoms with van der Waals surface area (Å²) < 4.78 is 26.2. The molecule has 24 heavy (non-hydrogen) atoms. The van der Waals surface area contributed by atoms with Crippen LogP contribution in [0.25, 0.3) is 0 Å². The molecule has 1 fully saturated rings. The van der Waals surface area contributed by atoms with Gasteiger partial charge in [0.1, 0.15) is 0 Å². The van der Waals surface area contributed by atoms with Gasteiger partial charge in [-0.3, -0.25) is 4.79 Å². The molecule has 6 nitrogen and oxygen atoms in total. The van der Waals surface area contributed by atoms with Crippen LogP contribution < -0.4 is 10.2 Å². The Balaban J connectivity index is 1.94. The summed E-state index contributed by atoms with van der Waals surface area (Å²) in [5.74, 6) is -0.0119. The lowest BCUT2D eigenvalue weighted by molar-refractivity contribution is -0.116. The van der Waals surface area contributed by atoms with Crippen LogP contribution in [0.2, 0.25) is 0 Å². The minimum absolute atomic E-state index is 0.000963. The van der Waals surface area contributed by atoms with Crippen LogP contribution in [-0.2, 0) is 21.4 Å². The van der Waals surface area contributed by atoms with Crippen LogP contribution in [-0.4, -0.2) is 50.1 Å². The molecule has 2 atom stereocenters. The molecule has 1 aromatic carbocycles. The summed E-state index contributed by atoms with van der Waals surface area (Å²) in [7, 11) is -3.26. The summed E-state index contributed by atoms with van der Waals surface area (Å²) in [6, 6.07) is 7.85. The molecule has 2 aliphatic rings. The van der Waals surface area contributed by atoms with Gasteiger partial charge in [0.15, 0.2) is 0 Å². The Morgan fingerprint density at radius 3 is 2.58 bits per heavy atom. The molecule has 1 aromatic rings. The lowest BCUT2D eigenvalue weighted by atomic mass is 10.1. The van der Waals surface area contributed by atoms with Crippen molar-refractivity contribution in [3.63, 3.8) is 0 Å². The van der Waals surface area contributed by atoms with Crippen molar-refractivity contribution in [3.05, 3.63) is 29.8 Å². The number of amides is 1. The topological polar surface area (TPSA) is 69.7 Å². The fraction of sp³-hybridized carbons (Fsp3) is 0.588. The number of fused-ring (bicyclic) bond motifs is 3. The molecule has 1 N–H and O–H groups in total. The number of anilines is 1. The standard InChI is InChI=1S/C17H25N3O3S/c1-13(21)19-10-9-15-7-8-16(20(15)24(2,22)23)12-18-11-14-5-3-4-6-17(14)19/h3-6,15-16,18H,7-12H2,1-2H3/t15-,16+/m1/s1. The Morgan fingerprint density at radius 1 is 1.17 bits per heavy atom. The maximum atomic E-state index is 12.2. The van der Waals surface area contributed by atoms with Crippen molar-refractivity contribution in [3.8, 4) is 0 Å². The molecule has 0 saturated carbocycles. The van der Waals surface area contributed by atoms with Crippen LogP contribution in [0.1, 0.15) is 31.7 Å². The van der Waals surface area contributed by atoms with E-state index in [4.69, 9.17) is 0 Å². The lowest BCUT2D eigenvalue weighted by Gasteiger charge is -2.29. The summed E-state index contributed by atoms with van der Waals surface area (Å²) >= 11 is 0. The molecule has 0 spiro atoms. The first-order valence-electron chi connectivity index (χ1n) is 8.43. The molecule has 0 aromatic heterocycles. The number of benzene rings is 1. The number of carbonyl (C=O) groups excluding carboxylic acids is 1. The predicted octanol–water partition coefficient (Wildman–Crippen LogP) is 1.33. The van der Waals surface area contributed by atoms with Crippen molar-refractivity contribution in [1.29, 1.82) is 0 Å². The summed E-state index contributed by atoms with van der Waals surface area (Å²) in [6.07, 6.45) is 3.67. The van der Waals surface area contributed by atoms with Gasteiger partial charge in [0.25, 0.3) is 0 Å². The number of nitrogens with zero attached hydrogens (tertiary/aromatic N) is 2. The Hall–Kier alpha value is -1.44. The number of rotatable bonds is 1. The largest absolute Gasteiger partial charge is 0.312 e. The van der Waals surface area contributed by atoms with E-state index >= 15 is 0 Å². The van der Waals surface area contributed by atoms with Gasteiger partial charge in [-0.1, -0.05) is 18.2 Å². The van der Waals surface area contributed by atoms with Gasteiger partial charge < -0.3 is 10.2 Å². The minimum atomic E-state index is -3.26. The molecule has 2 bridgehead atoms. The van der Waals surface area contributed by atoms with Gasteiger partial charge in [0, 0.05) is 44.3 Å². The average molecular weight is 351 g/mol. The van der Waals surface area contributed by atoms with E-state index in [0.29, 0.717) is 26.1 Å². The lowest BCUT2D eigenvalue weighted by Crippen LogP contribution is -2.45. The van der Waals surface area contributed by atoms with Gasteiger partial charge in [-0.25, -0.2) is 8.42 Å². The van der Waals surface area contributed by atoms with E-state index in [-0.39, 0.29) is 18.0 Å². The fourth-order valence-corrected chi connectivity index (χ4v) is 5.44.